The van der Waals surface area contributed by atoms with Crippen molar-refractivity contribution in [3.05, 3.63) is 34.9 Å². The highest BCUT2D eigenvalue weighted by Crippen LogP contribution is 2.12. The van der Waals surface area contributed by atoms with Gasteiger partial charge in [-0.05, 0) is 37.5 Å². The smallest absolute Gasteiger partial charge is 0.224 e. The van der Waals surface area contributed by atoms with Crippen molar-refractivity contribution in [2.24, 2.45) is 11.7 Å². The van der Waals surface area contributed by atoms with Crippen LogP contribution in [0.2, 0.25) is 5.02 Å². The third-order valence-electron chi connectivity index (χ3n) is 3.11. The maximum Gasteiger partial charge on any atom is 0.224 e. The van der Waals surface area contributed by atoms with Gasteiger partial charge in [-0.1, -0.05) is 37.1 Å². The van der Waals surface area contributed by atoms with Gasteiger partial charge < -0.3 is 11.1 Å². The van der Waals surface area contributed by atoms with Gasteiger partial charge in [-0.2, -0.15) is 0 Å². The van der Waals surface area contributed by atoms with Crippen LogP contribution in [0.3, 0.4) is 0 Å². The van der Waals surface area contributed by atoms with Crippen LogP contribution in [0.15, 0.2) is 24.3 Å². The molecule has 0 aliphatic carbocycles. The first-order valence-electron chi connectivity index (χ1n) is 6.81. The SMILES string of the molecule is CCCC(CN)C(=O)NC(C)Cc1cccc(Cl)c1. The Morgan fingerprint density at radius 2 is 2.21 bits per heavy atom. The van der Waals surface area contributed by atoms with Crippen LogP contribution in [0.1, 0.15) is 32.3 Å². The van der Waals surface area contributed by atoms with E-state index in [2.05, 4.69) is 12.2 Å². The topological polar surface area (TPSA) is 55.1 Å². The summed E-state index contributed by atoms with van der Waals surface area (Å²) >= 11 is 5.94. The van der Waals surface area contributed by atoms with Gasteiger partial charge in [0.1, 0.15) is 0 Å². The average Bonchev–Trinajstić information content (AvgIpc) is 2.35. The van der Waals surface area contributed by atoms with Crippen LogP contribution in [0, 0.1) is 5.92 Å². The summed E-state index contributed by atoms with van der Waals surface area (Å²) in [5.41, 5.74) is 6.75. The number of hydrogen-bond donors (Lipinski definition) is 2. The van der Waals surface area contributed by atoms with Gasteiger partial charge in [0, 0.05) is 17.6 Å². The fraction of sp³-hybridized carbons (Fsp3) is 0.533. The Labute approximate surface area is 120 Å². The van der Waals surface area contributed by atoms with Crippen LogP contribution in [0.25, 0.3) is 0 Å². The molecule has 0 saturated carbocycles. The first kappa shape index (κ1) is 16.0. The molecule has 3 N–H and O–H groups in total. The molecule has 3 nitrogen and oxygen atoms in total. The van der Waals surface area contributed by atoms with E-state index in [9.17, 15) is 4.79 Å². The number of halogens is 1. The monoisotopic (exact) mass is 282 g/mol. The summed E-state index contributed by atoms with van der Waals surface area (Å²) in [6, 6.07) is 7.79. The zero-order valence-electron chi connectivity index (χ0n) is 11.7. The van der Waals surface area contributed by atoms with Gasteiger partial charge in [0.2, 0.25) is 5.91 Å². The van der Waals surface area contributed by atoms with Gasteiger partial charge in [0.15, 0.2) is 0 Å². The van der Waals surface area contributed by atoms with E-state index in [4.69, 9.17) is 17.3 Å². The van der Waals surface area contributed by atoms with Crippen LogP contribution in [0.4, 0.5) is 0 Å². The summed E-state index contributed by atoms with van der Waals surface area (Å²) in [5.74, 6) is -0.0225. The summed E-state index contributed by atoms with van der Waals surface area (Å²) in [6.07, 6.45) is 2.58. The van der Waals surface area contributed by atoms with E-state index in [1.54, 1.807) is 0 Å². The Bertz CT molecular complexity index is 409. The molecule has 1 aromatic carbocycles. The first-order valence-corrected chi connectivity index (χ1v) is 7.19. The molecule has 0 spiro atoms. The maximum absolute atomic E-state index is 12.0. The fourth-order valence-corrected chi connectivity index (χ4v) is 2.35. The molecular weight excluding hydrogens is 260 g/mol. The highest BCUT2D eigenvalue weighted by molar-refractivity contribution is 6.30. The van der Waals surface area contributed by atoms with Crippen molar-refractivity contribution >= 4 is 17.5 Å². The molecule has 1 rings (SSSR count). The Morgan fingerprint density at radius 1 is 1.47 bits per heavy atom. The van der Waals surface area contributed by atoms with Crippen LogP contribution >= 0.6 is 11.6 Å². The summed E-state index contributed by atoms with van der Waals surface area (Å²) in [4.78, 5) is 12.0. The number of rotatable bonds is 7. The molecule has 2 atom stereocenters. The van der Waals surface area contributed by atoms with E-state index in [-0.39, 0.29) is 17.9 Å². The highest BCUT2D eigenvalue weighted by atomic mass is 35.5. The Kier molecular flexibility index (Phi) is 6.89. The molecule has 0 aliphatic rings. The number of carbonyl (C=O) groups is 1. The Morgan fingerprint density at radius 3 is 2.79 bits per heavy atom. The largest absolute Gasteiger partial charge is 0.353 e. The van der Waals surface area contributed by atoms with Gasteiger partial charge in [0.25, 0.3) is 0 Å². The lowest BCUT2D eigenvalue weighted by Gasteiger charge is -2.19. The van der Waals surface area contributed by atoms with Gasteiger partial charge >= 0.3 is 0 Å². The first-order chi connectivity index (χ1) is 9.06. The van der Waals surface area contributed by atoms with E-state index in [1.165, 1.54) is 0 Å². The van der Waals surface area contributed by atoms with Crippen molar-refractivity contribution in [3.63, 3.8) is 0 Å². The van der Waals surface area contributed by atoms with Gasteiger partial charge in [-0.15, -0.1) is 0 Å². The van der Waals surface area contributed by atoms with Crippen molar-refractivity contribution in [1.82, 2.24) is 5.32 Å². The van der Waals surface area contributed by atoms with Crippen LogP contribution < -0.4 is 11.1 Å². The second-order valence-corrected chi connectivity index (χ2v) is 5.40. The predicted molar refractivity (Wildman–Crippen MR) is 80.2 cm³/mol. The van der Waals surface area contributed by atoms with Crippen molar-refractivity contribution in [2.75, 3.05) is 6.54 Å². The molecule has 0 radical (unpaired) electrons. The molecule has 0 heterocycles. The molecule has 2 unspecified atom stereocenters. The average molecular weight is 283 g/mol. The molecule has 0 saturated heterocycles. The lowest BCUT2D eigenvalue weighted by molar-refractivity contribution is -0.125. The lowest BCUT2D eigenvalue weighted by Crippen LogP contribution is -2.40. The number of amides is 1. The minimum atomic E-state index is -0.0770. The van der Waals surface area contributed by atoms with Crippen LogP contribution in [-0.2, 0) is 11.2 Å². The molecule has 0 bridgehead atoms. The van der Waals surface area contributed by atoms with Crippen molar-refractivity contribution in [2.45, 2.75) is 39.2 Å². The molecular formula is C15H23ClN2O. The van der Waals surface area contributed by atoms with E-state index in [1.807, 2.05) is 31.2 Å². The lowest BCUT2D eigenvalue weighted by atomic mass is 10.0. The Hall–Kier alpha value is -1.06. The Balaban J connectivity index is 2.50. The predicted octanol–water partition coefficient (Wildman–Crippen LogP) is 2.76. The maximum atomic E-state index is 12.0. The van der Waals surface area contributed by atoms with E-state index in [0.717, 1.165) is 29.8 Å². The zero-order valence-corrected chi connectivity index (χ0v) is 12.4. The minimum absolute atomic E-state index is 0.0545. The normalized spacial score (nSPS) is 13.9. The quantitative estimate of drug-likeness (QED) is 0.808. The molecule has 19 heavy (non-hydrogen) atoms. The van der Waals surface area contributed by atoms with Crippen molar-refractivity contribution in [1.29, 1.82) is 0 Å². The van der Waals surface area contributed by atoms with Crippen molar-refractivity contribution in [3.8, 4) is 0 Å². The van der Waals surface area contributed by atoms with Crippen LogP contribution in [-0.4, -0.2) is 18.5 Å². The second-order valence-electron chi connectivity index (χ2n) is 4.96. The van der Waals surface area contributed by atoms with E-state index < -0.39 is 0 Å². The molecule has 106 valence electrons. The highest BCUT2D eigenvalue weighted by Gasteiger charge is 2.17. The van der Waals surface area contributed by atoms with Gasteiger partial charge in [-0.25, -0.2) is 0 Å². The molecule has 0 aromatic heterocycles. The molecule has 4 heteroatoms. The summed E-state index contributed by atoms with van der Waals surface area (Å²) in [6.45, 7) is 4.47. The number of benzene rings is 1. The minimum Gasteiger partial charge on any atom is -0.353 e. The molecule has 1 aromatic rings. The number of carbonyl (C=O) groups excluding carboxylic acids is 1. The molecule has 0 fully saturated rings. The van der Waals surface area contributed by atoms with Crippen LogP contribution in [0.5, 0.6) is 0 Å². The standard InChI is InChI=1S/C15H23ClN2O/c1-3-5-13(10-17)15(19)18-11(2)8-12-6-4-7-14(16)9-12/h4,6-7,9,11,13H,3,5,8,10,17H2,1-2H3,(H,18,19). The second kappa shape index (κ2) is 8.18. The molecule has 0 aliphatic heterocycles. The van der Waals surface area contributed by atoms with Gasteiger partial charge in [0.05, 0.1) is 5.92 Å². The fourth-order valence-electron chi connectivity index (χ4n) is 2.13. The van der Waals surface area contributed by atoms with E-state index >= 15 is 0 Å². The van der Waals surface area contributed by atoms with Gasteiger partial charge in [-0.3, -0.25) is 4.79 Å². The summed E-state index contributed by atoms with van der Waals surface area (Å²) < 4.78 is 0. The third kappa shape index (κ3) is 5.62. The van der Waals surface area contributed by atoms with E-state index in [0.29, 0.717) is 6.54 Å². The molecule has 1 amide bonds. The third-order valence-corrected chi connectivity index (χ3v) is 3.35. The number of nitrogens with two attached hydrogens (primary N) is 1. The van der Waals surface area contributed by atoms with Crippen molar-refractivity contribution < 1.29 is 4.79 Å². The summed E-state index contributed by atoms with van der Waals surface area (Å²) in [5, 5.41) is 3.75. The number of hydrogen-bond acceptors (Lipinski definition) is 2. The number of nitrogens with one attached hydrogen (secondary N) is 1. The zero-order chi connectivity index (χ0) is 14.3. The summed E-state index contributed by atoms with van der Waals surface area (Å²) in [7, 11) is 0.